The second-order valence-electron chi connectivity index (χ2n) is 6.96. The molecule has 0 fully saturated rings. The van der Waals surface area contributed by atoms with Crippen LogP contribution in [0.4, 0.5) is 10.8 Å². The van der Waals surface area contributed by atoms with E-state index in [0.29, 0.717) is 28.9 Å². The molecule has 1 aromatic heterocycles. The van der Waals surface area contributed by atoms with Crippen LogP contribution in [0.1, 0.15) is 46.9 Å². The fourth-order valence-corrected chi connectivity index (χ4v) is 3.61. The Hall–Kier alpha value is -3.19. The van der Waals surface area contributed by atoms with Crippen molar-refractivity contribution in [3.05, 3.63) is 76.3 Å². The number of aliphatic carboxylic acids is 1. The van der Waals surface area contributed by atoms with Crippen molar-refractivity contribution in [2.24, 2.45) is 0 Å². The molecule has 6 nitrogen and oxygen atoms in total. The minimum atomic E-state index is -0.951. The molecule has 0 saturated carbocycles. The third kappa shape index (κ3) is 5.65. The summed E-state index contributed by atoms with van der Waals surface area (Å²) >= 11 is 1.21. The number of benzene rings is 2. The number of carbonyl (C=O) groups is 2. The molecular formula is C22H23N3O3S. The van der Waals surface area contributed by atoms with E-state index in [1.54, 1.807) is 17.5 Å². The molecule has 3 aromatic rings. The van der Waals surface area contributed by atoms with Gasteiger partial charge in [-0.15, -0.1) is 11.3 Å². The van der Waals surface area contributed by atoms with Crippen LogP contribution >= 0.6 is 11.3 Å². The van der Waals surface area contributed by atoms with E-state index in [-0.39, 0.29) is 12.3 Å². The molecule has 7 heteroatoms. The third-order valence-corrected chi connectivity index (χ3v) is 5.19. The predicted molar refractivity (Wildman–Crippen MR) is 116 cm³/mol. The highest BCUT2D eigenvalue weighted by molar-refractivity contribution is 7.14. The molecule has 0 unspecified atom stereocenters. The molecule has 3 rings (SSSR count). The van der Waals surface area contributed by atoms with Gasteiger partial charge in [0.25, 0.3) is 5.91 Å². The topological polar surface area (TPSA) is 91.3 Å². The first-order chi connectivity index (χ1) is 13.9. The Morgan fingerprint density at radius 1 is 1.10 bits per heavy atom. The van der Waals surface area contributed by atoms with Crippen molar-refractivity contribution in [3.63, 3.8) is 0 Å². The number of anilines is 2. The van der Waals surface area contributed by atoms with Gasteiger partial charge < -0.3 is 10.4 Å². The molecule has 3 N–H and O–H groups in total. The Kier molecular flexibility index (Phi) is 6.61. The van der Waals surface area contributed by atoms with Gasteiger partial charge in [-0.3, -0.25) is 14.9 Å². The maximum Gasteiger partial charge on any atom is 0.309 e. The van der Waals surface area contributed by atoms with Crippen LogP contribution < -0.4 is 10.6 Å². The van der Waals surface area contributed by atoms with Gasteiger partial charge in [-0.25, -0.2) is 4.98 Å². The molecule has 0 aliphatic heterocycles. The summed E-state index contributed by atoms with van der Waals surface area (Å²) in [4.78, 5) is 27.2. The predicted octanol–water partition coefficient (Wildman–Crippen LogP) is 4.76. The van der Waals surface area contributed by atoms with E-state index in [0.717, 1.165) is 11.3 Å². The summed E-state index contributed by atoms with van der Waals surface area (Å²) < 4.78 is 0. The monoisotopic (exact) mass is 409 g/mol. The lowest BCUT2D eigenvalue weighted by Gasteiger charge is -2.14. The summed E-state index contributed by atoms with van der Waals surface area (Å²) in [6.45, 7) is 5.00. The van der Waals surface area contributed by atoms with Crippen LogP contribution in [0.3, 0.4) is 0 Å². The van der Waals surface area contributed by atoms with Crippen molar-refractivity contribution in [1.29, 1.82) is 0 Å². The minimum Gasteiger partial charge on any atom is -0.481 e. The fraction of sp³-hybridized carbons (Fsp3) is 0.227. The molecule has 29 heavy (non-hydrogen) atoms. The van der Waals surface area contributed by atoms with E-state index in [2.05, 4.69) is 41.6 Å². The number of nitrogens with one attached hydrogen (secondary N) is 2. The average Bonchev–Trinajstić information content (AvgIpc) is 3.12. The number of aromatic nitrogens is 1. The number of nitrogens with zero attached hydrogens (tertiary/aromatic N) is 1. The van der Waals surface area contributed by atoms with Crippen LogP contribution in [0.15, 0.2) is 53.9 Å². The molecule has 1 amide bonds. The SMILES string of the molecule is CC(C)c1ccccc1NCc1ccc(C(=O)Nc2nc(CC(=O)O)cs2)cc1. The zero-order chi connectivity index (χ0) is 20.8. The zero-order valence-corrected chi connectivity index (χ0v) is 17.1. The van der Waals surface area contributed by atoms with Crippen molar-refractivity contribution in [1.82, 2.24) is 4.98 Å². The number of rotatable bonds is 8. The smallest absolute Gasteiger partial charge is 0.309 e. The summed E-state index contributed by atoms with van der Waals surface area (Å²) in [5.41, 5.74) is 4.41. The van der Waals surface area contributed by atoms with Crippen molar-refractivity contribution in [2.45, 2.75) is 32.7 Å². The molecule has 2 aromatic carbocycles. The molecule has 0 spiro atoms. The highest BCUT2D eigenvalue weighted by Gasteiger charge is 2.11. The Morgan fingerprint density at radius 3 is 2.52 bits per heavy atom. The minimum absolute atomic E-state index is 0.159. The Morgan fingerprint density at radius 2 is 1.83 bits per heavy atom. The first-order valence-corrected chi connectivity index (χ1v) is 10.2. The lowest BCUT2D eigenvalue weighted by molar-refractivity contribution is -0.136. The summed E-state index contributed by atoms with van der Waals surface area (Å²) in [7, 11) is 0. The highest BCUT2D eigenvalue weighted by Crippen LogP contribution is 2.24. The van der Waals surface area contributed by atoms with Gasteiger partial charge in [0.15, 0.2) is 5.13 Å². The molecule has 1 heterocycles. The maximum absolute atomic E-state index is 12.4. The van der Waals surface area contributed by atoms with Crippen molar-refractivity contribution >= 4 is 34.0 Å². The van der Waals surface area contributed by atoms with Crippen molar-refractivity contribution < 1.29 is 14.7 Å². The van der Waals surface area contributed by atoms with Gasteiger partial charge in [-0.1, -0.05) is 44.2 Å². The van der Waals surface area contributed by atoms with Gasteiger partial charge in [-0.05, 0) is 35.2 Å². The molecule has 0 aliphatic carbocycles. The maximum atomic E-state index is 12.4. The first-order valence-electron chi connectivity index (χ1n) is 9.31. The molecular weight excluding hydrogens is 386 g/mol. The van der Waals surface area contributed by atoms with Crippen LogP contribution in [-0.2, 0) is 17.8 Å². The van der Waals surface area contributed by atoms with Gasteiger partial charge in [-0.2, -0.15) is 0 Å². The van der Waals surface area contributed by atoms with Gasteiger partial charge in [0.05, 0.1) is 12.1 Å². The second kappa shape index (κ2) is 9.34. The fourth-order valence-electron chi connectivity index (χ4n) is 2.90. The molecule has 0 aliphatic rings. The van der Waals surface area contributed by atoms with E-state index < -0.39 is 5.97 Å². The molecule has 150 valence electrons. The quantitative estimate of drug-likeness (QED) is 0.499. The normalized spacial score (nSPS) is 10.7. The van der Waals surface area contributed by atoms with Crippen LogP contribution in [0.2, 0.25) is 0 Å². The Bertz CT molecular complexity index is 997. The molecule has 0 bridgehead atoms. The number of para-hydroxylation sites is 1. The second-order valence-corrected chi connectivity index (χ2v) is 7.82. The van der Waals surface area contributed by atoms with E-state index in [4.69, 9.17) is 5.11 Å². The summed E-state index contributed by atoms with van der Waals surface area (Å²) in [6, 6.07) is 15.6. The number of carboxylic acids is 1. The number of amides is 1. The average molecular weight is 410 g/mol. The van der Waals surface area contributed by atoms with Gasteiger partial charge in [0, 0.05) is 23.2 Å². The Balaban J connectivity index is 1.59. The summed E-state index contributed by atoms with van der Waals surface area (Å²) in [5, 5.41) is 17.0. The number of hydrogen-bond donors (Lipinski definition) is 3. The van der Waals surface area contributed by atoms with Crippen molar-refractivity contribution in [3.8, 4) is 0 Å². The van der Waals surface area contributed by atoms with Crippen LogP contribution in [0.5, 0.6) is 0 Å². The number of carboxylic acid groups (broad SMARTS) is 1. The van der Waals surface area contributed by atoms with Gasteiger partial charge in [0.2, 0.25) is 0 Å². The van der Waals surface area contributed by atoms with E-state index in [9.17, 15) is 9.59 Å². The molecule has 0 saturated heterocycles. The Labute approximate surface area is 173 Å². The number of thiazole rings is 1. The number of hydrogen-bond acceptors (Lipinski definition) is 5. The highest BCUT2D eigenvalue weighted by atomic mass is 32.1. The zero-order valence-electron chi connectivity index (χ0n) is 16.3. The molecule has 0 atom stereocenters. The standard InChI is InChI=1S/C22H23N3O3S/c1-14(2)18-5-3-4-6-19(18)23-12-15-7-9-16(10-8-15)21(28)25-22-24-17(13-29-22)11-20(26)27/h3-10,13-14,23H,11-12H2,1-2H3,(H,26,27)(H,24,25,28). The third-order valence-electron chi connectivity index (χ3n) is 4.39. The van der Waals surface area contributed by atoms with Gasteiger partial charge in [0.1, 0.15) is 0 Å². The first kappa shape index (κ1) is 20.5. The molecule has 0 radical (unpaired) electrons. The lowest BCUT2D eigenvalue weighted by atomic mass is 10.0. The van der Waals surface area contributed by atoms with E-state index in [1.165, 1.54) is 16.9 Å². The summed E-state index contributed by atoms with van der Waals surface area (Å²) in [5.74, 6) is -0.786. The number of carbonyl (C=O) groups excluding carboxylic acids is 1. The van der Waals surface area contributed by atoms with Crippen LogP contribution in [0.25, 0.3) is 0 Å². The van der Waals surface area contributed by atoms with E-state index >= 15 is 0 Å². The van der Waals surface area contributed by atoms with Crippen LogP contribution in [-0.4, -0.2) is 22.0 Å². The van der Waals surface area contributed by atoms with Crippen molar-refractivity contribution in [2.75, 3.05) is 10.6 Å². The largest absolute Gasteiger partial charge is 0.481 e. The lowest BCUT2D eigenvalue weighted by Crippen LogP contribution is -2.12. The van der Waals surface area contributed by atoms with Crippen LogP contribution in [0, 0.1) is 0 Å². The summed E-state index contributed by atoms with van der Waals surface area (Å²) in [6.07, 6.45) is -0.159. The van der Waals surface area contributed by atoms with E-state index in [1.807, 2.05) is 24.3 Å². The van der Waals surface area contributed by atoms with Gasteiger partial charge >= 0.3 is 5.97 Å².